The Morgan fingerprint density at radius 3 is 2.51 bits per heavy atom. The van der Waals surface area contributed by atoms with Crippen LogP contribution in [0.3, 0.4) is 0 Å². The summed E-state index contributed by atoms with van der Waals surface area (Å²) in [5.74, 6) is -0.607. The number of anilines is 1. The molecule has 2 aliphatic rings. The van der Waals surface area contributed by atoms with Crippen molar-refractivity contribution in [2.45, 2.75) is 13.0 Å². The van der Waals surface area contributed by atoms with Gasteiger partial charge in [0.15, 0.2) is 11.5 Å². The van der Waals surface area contributed by atoms with E-state index in [-0.39, 0.29) is 23.0 Å². The summed E-state index contributed by atoms with van der Waals surface area (Å²) in [6.45, 7) is 2.29. The largest absolute Gasteiger partial charge is 0.507 e. The third-order valence-corrected chi connectivity index (χ3v) is 6.35. The minimum Gasteiger partial charge on any atom is -0.507 e. The van der Waals surface area contributed by atoms with Gasteiger partial charge in [0, 0.05) is 22.3 Å². The predicted octanol–water partition coefficient (Wildman–Crippen LogP) is 5.75. The molecule has 178 valence electrons. The molecule has 1 unspecified atom stereocenters. The summed E-state index contributed by atoms with van der Waals surface area (Å²) in [6, 6.07) is 15.5. The number of halogens is 2. The molecule has 0 spiro atoms. The Balaban J connectivity index is 1.71. The number of amides is 1. The number of nitrogens with zero attached hydrogens (tertiary/aromatic N) is 1. The standard InChI is InChI=1S/C26H19Cl2NO6/c1-2-33-17-8-9-19(28)18(12-17)24(30)22-23(14-3-5-15(27)6-4-14)29(26(32)25(22)31)16-7-10-20-21(11-16)35-13-34-20/h3-12,23,30H,2,13H2,1H3/b24-22+. The van der Waals surface area contributed by atoms with E-state index in [2.05, 4.69) is 0 Å². The van der Waals surface area contributed by atoms with Crippen LogP contribution in [0, 0.1) is 0 Å². The molecule has 35 heavy (non-hydrogen) atoms. The van der Waals surface area contributed by atoms with Gasteiger partial charge >= 0.3 is 0 Å². The minimum absolute atomic E-state index is 0.0624. The van der Waals surface area contributed by atoms with E-state index in [4.69, 9.17) is 37.4 Å². The van der Waals surface area contributed by atoms with E-state index in [0.717, 1.165) is 0 Å². The summed E-state index contributed by atoms with van der Waals surface area (Å²) < 4.78 is 16.3. The molecule has 7 nitrogen and oxygen atoms in total. The molecular formula is C26H19Cl2NO6. The molecule has 3 aromatic carbocycles. The van der Waals surface area contributed by atoms with E-state index in [1.54, 1.807) is 54.6 Å². The molecule has 0 aliphatic carbocycles. The fourth-order valence-electron chi connectivity index (χ4n) is 4.18. The van der Waals surface area contributed by atoms with Crippen LogP contribution in [0.2, 0.25) is 10.0 Å². The Bertz CT molecular complexity index is 1370. The van der Waals surface area contributed by atoms with Gasteiger partial charge < -0.3 is 19.3 Å². The van der Waals surface area contributed by atoms with Crippen LogP contribution in [0.15, 0.2) is 66.2 Å². The molecule has 3 aromatic rings. The molecule has 0 aromatic heterocycles. The molecule has 1 saturated heterocycles. The normalized spacial score (nSPS) is 18.3. The number of rotatable bonds is 5. The Morgan fingerprint density at radius 2 is 1.77 bits per heavy atom. The third-order valence-electron chi connectivity index (χ3n) is 5.77. The van der Waals surface area contributed by atoms with Crippen molar-refractivity contribution in [2.75, 3.05) is 18.3 Å². The average molecular weight is 512 g/mol. The van der Waals surface area contributed by atoms with Gasteiger partial charge in [-0.1, -0.05) is 35.3 Å². The fourth-order valence-corrected chi connectivity index (χ4v) is 4.51. The second-order valence-electron chi connectivity index (χ2n) is 7.83. The van der Waals surface area contributed by atoms with Crippen molar-refractivity contribution in [2.24, 2.45) is 0 Å². The topological polar surface area (TPSA) is 85.3 Å². The lowest BCUT2D eigenvalue weighted by Crippen LogP contribution is -2.29. The monoisotopic (exact) mass is 511 g/mol. The van der Waals surface area contributed by atoms with Gasteiger partial charge in [0.1, 0.15) is 11.5 Å². The lowest BCUT2D eigenvalue weighted by atomic mass is 9.95. The smallest absolute Gasteiger partial charge is 0.300 e. The predicted molar refractivity (Wildman–Crippen MR) is 131 cm³/mol. The first kappa shape index (κ1) is 23.1. The van der Waals surface area contributed by atoms with Crippen molar-refractivity contribution in [3.63, 3.8) is 0 Å². The lowest BCUT2D eigenvalue weighted by molar-refractivity contribution is -0.132. The molecule has 2 aliphatic heterocycles. The fraction of sp³-hybridized carbons (Fsp3) is 0.154. The van der Waals surface area contributed by atoms with Gasteiger partial charge in [-0.2, -0.15) is 0 Å². The summed E-state index contributed by atoms with van der Waals surface area (Å²) in [4.78, 5) is 28.0. The third kappa shape index (κ3) is 4.07. The highest BCUT2D eigenvalue weighted by molar-refractivity contribution is 6.52. The molecule has 2 heterocycles. The van der Waals surface area contributed by atoms with Gasteiger partial charge in [0.2, 0.25) is 6.79 Å². The van der Waals surface area contributed by atoms with Crippen LogP contribution in [0.25, 0.3) is 5.76 Å². The van der Waals surface area contributed by atoms with Crippen LogP contribution in [0.1, 0.15) is 24.1 Å². The summed E-state index contributed by atoms with van der Waals surface area (Å²) >= 11 is 12.5. The Labute approximate surface area is 211 Å². The maximum atomic E-state index is 13.3. The van der Waals surface area contributed by atoms with E-state index in [1.165, 1.54) is 11.0 Å². The minimum atomic E-state index is -0.945. The first-order valence-corrected chi connectivity index (χ1v) is 11.5. The highest BCUT2D eigenvalue weighted by Crippen LogP contribution is 2.45. The van der Waals surface area contributed by atoms with Gasteiger partial charge in [-0.3, -0.25) is 14.5 Å². The second-order valence-corrected chi connectivity index (χ2v) is 8.68. The molecule has 1 fully saturated rings. The zero-order chi connectivity index (χ0) is 24.7. The summed E-state index contributed by atoms with van der Waals surface area (Å²) in [5, 5.41) is 12.0. The van der Waals surface area contributed by atoms with Crippen LogP contribution < -0.4 is 19.1 Å². The maximum Gasteiger partial charge on any atom is 0.300 e. The van der Waals surface area contributed by atoms with Crippen molar-refractivity contribution in [1.29, 1.82) is 0 Å². The average Bonchev–Trinajstić information content (AvgIpc) is 3.42. The number of ketones is 1. The zero-order valence-electron chi connectivity index (χ0n) is 18.5. The van der Waals surface area contributed by atoms with E-state index < -0.39 is 23.5 Å². The van der Waals surface area contributed by atoms with Gasteiger partial charge in [-0.15, -0.1) is 0 Å². The van der Waals surface area contributed by atoms with Gasteiger partial charge in [-0.05, 0) is 55.0 Å². The quantitative estimate of drug-likeness (QED) is 0.266. The Morgan fingerprint density at radius 1 is 1.03 bits per heavy atom. The van der Waals surface area contributed by atoms with Gasteiger partial charge in [0.25, 0.3) is 11.7 Å². The van der Waals surface area contributed by atoms with E-state index in [9.17, 15) is 14.7 Å². The molecule has 1 N–H and O–H groups in total. The number of fused-ring (bicyclic) bond motifs is 1. The van der Waals surface area contributed by atoms with E-state index >= 15 is 0 Å². The van der Waals surface area contributed by atoms with Gasteiger partial charge in [-0.25, -0.2) is 0 Å². The molecule has 5 rings (SSSR count). The molecule has 1 atom stereocenters. The number of carbonyl (C=O) groups is 2. The number of aliphatic hydroxyl groups excluding tert-OH is 1. The highest BCUT2D eigenvalue weighted by atomic mass is 35.5. The molecule has 0 bridgehead atoms. The first-order valence-electron chi connectivity index (χ1n) is 10.8. The number of carbonyl (C=O) groups excluding carboxylic acids is 2. The summed E-state index contributed by atoms with van der Waals surface area (Å²) in [5.41, 5.74) is 1.06. The Kier molecular flexibility index (Phi) is 6.05. The van der Waals surface area contributed by atoms with Gasteiger partial charge in [0.05, 0.1) is 23.2 Å². The zero-order valence-corrected chi connectivity index (χ0v) is 20.0. The molecule has 9 heteroatoms. The van der Waals surface area contributed by atoms with Crippen molar-refractivity contribution in [3.05, 3.63) is 87.4 Å². The van der Waals surface area contributed by atoms with Crippen LogP contribution in [0.4, 0.5) is 5.69 Å². The second kappa shape index (κ2) is 9.17. The number of hydrogen-bond acceptors (Lipinski definition) is 6. The van der Waals surface area contributed by atoms with E-state index in [0.29, 0.717) is 40.1 Å². The van der Waals surface area contributed by atoms with Crippen molar-refractivity contribution >= 4 is 46.3 Å². The Hall–Kier alpha value is -3.68. The molecule has 0 radical (unpaired) electrons. The van der Waals surface area contributed by atoms with Crippen molar-refractivity contribution in [3.8, 4) is 17.2 Å². The highest BCUT2D eigenvalue weighted by Gasteiger charge is 2.47. The lowest BCUT2D eigenvalue weighted by Gasteiger charge is -2.25. The SMILES string of the molecule is CCOc1ccc(Cl)c(/C(O)=C2\C(=O)C(=O)N(c3ccc4c(c3)OCO4)C2c2ccc(Cl)cc2)c1. The van der Waals surface area contributed by atoms with Crippen LogP contribution in [-0.4, -0.2) is 30.2 Å². The van der Waals surface area contributed by atoms with Crippen molar-refractivity contribution < 1.29 is 28.9 Å². The van der Waals surface area contributed by atoms with Crippen LogP contribution in [0.5, 0.6) is 17.2 Å². The van der Waals surface area contributed by atoms with Crippen molar-refractivity contribution in [1.82, 2.24) is 0 Å². The number of aliphatic hydroxyl groups is 1. The number of Topliss-reactive ketones (excluding diaryl/α,β-unsaturated/α-hetero) is 1. The van der Waals surface area contributed by atoms with Crippen LogP contribution in [-0.2, 0) is 9.59 Å². The molecule has 1 amide bonds. The molecular weight excluding hydrogens is 493 g/mol. The maximum absolute atomic E-state index is 13.3. The number of ether oxygens (including phenoxy) is 3. The number of benzene rings is 3. The molecule has 0 saturated carbocycles. The first-order chi connectivity index (χ1) is 16.9. The van der Waals surface area contributed by atoms with E-state index in [1.807, 2.05) is 6.92 Å². The number of hydrogen-bond donors (Lipinski definition) is 1. The summed E-state index contributed by atoms with van der Waals surface area (Å²) in [6.07, 6.45) is 0. The summed E-state index contributed by atoms with van der Waals surface area (Å²) in [7, 11) is 0. The van der Waals surface area contributed by atoms with Crippen LogP contribution >= 0.6 is 23.2 Å².